The number of amides is 2. The molecule has 3 heterocycles. The molecule has 25 heavy (non-hydrogen) atoms. The molecule has 0 saturated carbocycles. The summed E-state index contributed by atoms with van der Waals surface area (Å²) in [4.78, 5) is 32.8. The monoisotopic (exact) mass is 338 g/mol. The fraction of sp³-hybridized carbons (Fsp3) is 0.278. The van der Waals surface area contributed by atoms with E-state index >= 15 is 0 Å². The fourth-order valence-electron chi connectivity index (χ4n) is 3.12. The Hall–Kier alpha value is -3.09. The lowest BCUT2D eigenvalue weighted by Crippen LogP contribution is -2.50. The molecule has 7 heteroatoms. The van der Waals surface area contributed by atoms with Crippen molar-refractivity contribution in [3.05, 3.63) is 54.2 Å². The number of fused-ring (bicyclic) bond motifs is 1. The van der Waals surface area contributed by atoms with Gasteiger partial charge < -0.3 is 18.8 Å². The smallest absolute Gasteiger partial charge is 0.289 e. The molecule has 1 aliphatic rings. The molecule has 0 N–H and O–H groups in total. The average Bonchev–Trinajstić information content (AvgIpc) is 3.31. The Morgan fingerprint density at radius 1 is 1.04 bits per heavy atom. The van der Waals surface area contributed by atoms with Gasteiger partial charge in [-0.2, -0.15) is 0 Å². The van der Waals surface area contributed by atoms with Gasteiger partial charge in [0.15, 0.2) is 5.76 Å². The number of aryl methyl sites for hydroxylation is 1. The van der Waals surface area contributed by atoms with Gasteiger partial charge in [0.25, 0.3) is 11.8 Å². The highest BCUT2D eigenvalue weighted by atomic mass is 16.3. The minimum Gasteiger partial charge on any atom is -0.459 e. The summed E-state index contributed by atoms with van der Waals surface area (Å²) < 4.78 is 7.07. The van der Waals surface area contributed by atoms with Gasteiger partial charge in [0, 0.05) is 38.8 Å². The number of carbonyl (C=O) groups is 2. The summed E-state index contributed by atoms with van der Waals surface area (Å²) in [5.41, 5.74) is 2.42. The van der Waals surface area contributed by atoms with Crippen molar-refractivity contribution < 1.29 is 14.0 Å². The molecule has 0 bridgehead atoms. The third kappa shape index (κ3) is 2.77. The zero-order chi connectivity index (χ0) is 17.4. The van der Waals surface area contributed by atoms with Crippen LogP contribution in [-0.4, -0.2) is 57.3 Å². The molecule has 1 fully saturated rings. The summed E-state index contributed by atoms with van der Waals surface area (Å²) in [7, 11) is 1.92. The first-order valence-corrected chi connectivity index (χ1v) is 8.16. The molecule has 0 spiro atoms. The molecule has 1 aromatic carbocycles. The van der Waals surface area contributed by atoms with Crippen LogP contribution in [0.25, 0.3) is 11.0 Å². The maximum Gasteiger partial charge on any atom is 0.289 e. The zero-order valence-electron chi connectivity index (χ0n) is 13.9. The van der Waals surface area contributed by atoms with Crippen LogP contribution in [0, 0.1) is 0 Å². The largest absolute Gasteiger partial charge is 0.459 e. The van der Waals surface area contributed by atoms with E-state index in [0.717, 1.165) is 11.0 Å². The lowest BCUT2D eigenvalue weighted by molar-refractivity contribution is 0.0518. The Morgan fingerprint density at radius 3 is 2.44 bits per heavy atom. The minimum absolute atomic E-state index is 0.0300. The van der Waals surface area contributed by atoms with E-state index < -0.39 is 0 Å². The molecule has 3 aromatic rings. The Balaban J connectivity index is 1.44. The van der Waals surface area contributed by atoms with Gasteiger partial charge >= 0.3 is 0 Å². The highest BCUT2D eigenvalue weighted by Crippen LogP contribution is 2.17. The van der Waals surface area contributed by atoms with E-state index in [1.165, 1.54) is 6.26 Å². The normalized spacial score (nSPS) is 14.9. The number of piperazine rings is 1. The summed E-state index contributed by atoms with van der Waals surface area (Å²) in [6.45, 7) is 2.01. The van der Waals surface area contributed by atoms with Crippen LogP contribution in [0.2, 0.25) is 0 Å². The summed E-state index contributed by atoms with van der Waals surface area (Å²) in [6, 6.07) is 8.90. The molecular formula is C18H18N4O3. The maximum absolute atomic E-state index is 12.7. The number of hydrogen-bond donors (Lipinski definition) is 0. The van der Waals surface area contributed by atoms with Crippen molar-refractivity contribution in [1.29, 1.82) is 0 Å². The van der Waals surface area contributed by atoms with Gasteiger partial charge in [-0.05, 0) is 30.3 Å². The summed E-state index contributed by atoms with van der Waals surface area (Å²) in [5, 5.41) is 0. The lowest BCUT2D eigenvalue weighted by Gasteiger charge is -2.34. The van der Waals surface area contributed by atoms with Gasteiger partial charge in [0.2, 0.25) is 0 Å². The molecule has 2 amide bonds. The molecule has 4 rings (SSSR count). The summed E-state index contributed by atoms with van der Waals surface area (Å²) >= 11 is 0. The molecule has 0 aliphatic carbocycles. The van der Waals surface area contributed by atoms with Crippen molar-refractivity contribution >= 4 is 22.8 Å². The Labute approximate surface area is 144 Å². The van der Waals surface area contributed by atoms with E-state index in [1.54, 1.807) is 28.3 Å². The number of aromatic nitrogens is 2. The van der Waals surface area contributed by atoms with Crippen molar-refractivity contribution in [2.75, 3.05) is 26.2 Å². The number of furan rings is 1. The summed E-state index contributed by atoms with van der Waals surface area (Å²) in [6.07, 6.45) is 3.22. The van der Waals surface area contributed by atoms with Crippen molar-refractivity contribution in [2.24, 2.45) is 7.05 Å². The third-order valence-electron chi connectivity index (χ3n) is 4.56. The second-order valence-corrected chi connectivity index (χ2v) is 6.12. The fourth-order valence-corrected chi connectivity index (χ4v) is 3.12. The molecule has 2 aromatic heterocycles. The van der Waals surface area contributed by atoms with Crippen LogP contribution in [-0.2, 0) is 7.05 Å². The number of nitrogens with zero attached hydrogens (tertiary/aromatic N) is 4. The molecule has 1 saturated heterocycles. The van der Waals surface area contributed by atoms with Gasteiger partial charge in [-0.25, -0.2) is 4.98 Å². The number of imidazole rings is 1. The molecule has 7 nitrogen and oxygen atoms in total. The molecule has 0 unspecified atom stereocenters. The molecule has 0 atom stereocenters. The van der Waals surface area contributed by atoms with Gasteiger partial charge in [-0.15, -0.1) is 0 Å². The first kappa shape index (κ1) is 15.4. The van der Waals surface area contributed by atoms with E-state index in [9.17, 15) is 9.59 Å². The number of rotatable bonds is 2. The standard InChI is InChI=1S/C18H18N4O3/c1-20-12-19-14-11-13(4-5-15(14)20)17(23)21-6-8-22(9-7-21)18(24)16-3-2-10-25-16/h2-5,10-12H,6-9H2,1H3. The minimum atomic E-state index is -0.132. The quantitative estimate of drug-likeness (QED) is 0.714. The predicted octanol–water partition coefficient (Wildman–Crippen LogP) is 1.76. The van der Waals surface area contributed by atoms with E-state index in [-0.39, 0.29) is 11.8 Å². The number of benzene rings is 1. The van der Waals surface area contributed by atoms with Gasteiger partial charge in [-0.1, -0.05) is 0 Å². The lowest BCUT2D eigenvalue weighted by atomic mass is 10.1. The van der Waals surface area contributed by atoms with Crippen molar-refractivity contribution in [3.63, 3.8) is 0 Å². The zero-order valence-corrected chi connectivity index (χ0v) is 13.9. The van der Waals surface area contributed by atoms with Gasteiger partial charge in [0.05, 0.1) is 23.6 Å². The summed E-state index contributed by atoms with van der Waals surface area (Å²) in [5.74, 6) is 0.171. The second-order valence-electron chi connectivity index (χ2n) is 6.12. The highest BCUT2D eigenvalue weighted by Gasteiger charge is 2.26. The Kier molecular flexibility index (Phi) is 3.76. The van der Waals surface area contributed by atoms with Crippen LogP contribution in [0.15, 0.2) is 47.3 Å². The molecule has 128 valence electrons. The molecule has 1 aliphatic heterocycles. The van der Waals surface area contributed by atoms with Crippen LogP contribution in [0.5, 0.6) is 0 Å². The van der Waals surface area contributed by atoms with E-state index in [0.29, 0.717) is 37.5 Å². The van der Waals surface area contributed by atoms with Crippen LogP contribution in [0.4, 0.5) is 0 Å². The van der Waals surface area contributed by atoms with Gasteiger partial charge in [0.1, 0.15) is 0 Å². The maximum atomic E-state index is 12.7. The Bertz CT molecular complexity index is 921. The van der Waals surface area contributed by atoms with E-state index in [2.05, 4.69) is 4.98 Å². The van der Waals surface area contributed by atoms with E-state index in [1.807, 2.05) is 29.8 Å². The van der Waals surface area contributed by atoms with Crippen molar-refractivity contribution in [2.45, 2.75) is 0 Å². The second kappa shape index (κ2) is 6.08. The van der Waals surface area contributed by atoms with Gasteiger partial charge in [-0.3, -0.25) is 9.59 Å². The van der Waals surface area contributed by atoms with Crippen LogP contribution in [0.3, 0.4) is 0 Å². The topological polar surface area (TPSA) is 71.6 Å². The molecular weight excluding hydrogens is 320 g/mol. The van der Waals surface area contributed by atoms with Crippen molar-refractivity contribution in [1.82, 2.24) is 19.4 Å². The first-order chi connectivity index (χ1) is 12.1. The third-order valence-corrected chi connectivity index (χ3v) is 4.56. The van der Waals surface area contributed by atoms with Crippen LogP contribution >= 0.6 is 0 Å². The Morgan fingerprint density at radius 2 is 1.76 bits per heavy atom. The average molecular weight is 338 g/mol. The van der Waals surface area contributed by atoms with Crippen LogP contribution < -0.4 is 0 Å². The van der Waals surface area contributed by atoms with Crippen LogP contribution in [0.1, 0.15) is 20.9 Å². The molecule has 0 radical (unpaired) electrons. The number of hydrogen-bond acceptors (Lipinski definition) is 4. The number of carbonyl (C=O) groups excluding carboxylic acids is 2. The highest BCUT2D eigenvalue weighted by molar-refractivity contribution is 5.97. The first-order valence-electron chi connectivity index (χ1n) is 8.16. The van der Waals surface area contributed by atoms with Crippen molar-refractivity contribution in [3.8, 4) is 0 Å². The van der Waals surface area contributed by atoms with E-state index in [4.69, 9.17) is 4.42 Å². The predicted molar refractivity (Wildman–Crippen MR) is 91.2 cm³/mol. The SMILES string of the molecule is Cn1cnc2cc(C(=O)N3CCN(C(=O)c4ccco4)CC3)ccc21.